The van der Waals surface area contributed by atoms with Crippen molar-refractivity contribution in [3.8, 4) is 0 Å². The third-order valence-electron chi connectivity index (χ3n) is 1.54. The third-order valence-corrected chi connectivity index (χ3v) is 2.04. The zero-order valence-corrected chi connectivity index (χ0v) is 7.88. The summed E-state index contributed by atoms with van der Waals surface area (Å²) in [5, 5.41) is 9.22. The molecule has 0 amide bonds. The molecule has 0 heterocycles. The van der Waals surface area contributed by atoms with E-state index in [4.69, 9.17) is 5.73 Å². The minimum absolute atomic E-state index is 0.0263. The normalized spacial score (nSPS) is 13.0. The van der Waals surface area contributed by atoms with Crippen LogP contribution >= 0.6 is 15.9 Å². The SMILES string of the molecule is NC[C@@H](O)c1ccc(Br)cc1F. The van der Waals surface area contributed by atoms with E-state index in [1.165, 1.54) is 12.1 Å². The standard InChI is InChI=1S/C8H9BrFNO/c9-5-1-2-6(7(10)3-5)8(12)4-11/h1-3,8,12H,4,11H2/t8-/m1/s1. The molecule has 0 aliphatic rings. The summed E-state index contributed by atoms with van der Waals surface area (Å²) in [6.07, 6.45) is -0.918. The highest BCUT2D eigenvalue weighted by molar-refractivity contribution is 9.10. The first-order chi connectivity index (χ1) is 5.65. The van der Waals surface area contributed by atoms with Crippen LogP contribution in [-0.4, -0.2) is 11.7 Å². The van der Waals surface area contributed by atoms with Gasteiger partial charge < -0.3 is 10.8 Å². The molecule has 0 radical (unpaired) electrons. The van der Waals surface area contributed by atoms with Crippen LogP contribution in [0, 0.1) is 5.82 Å². The van der Waals surface area contributed by atoms with Crippen LogP contribution in [0.4, 0.5) is 4.39 Å². The third kappa shape index (κ3) is 2.03. The van der Waals surface area contributed by atoms with Gasteiger partial charge in [-0.25, -0.2) is 4.39 Å². The lowest BCUT2D eigenvalue weighted by molar-refractivity contribution is 0.182. The number of halogens is 2. The maximum Gasteiger partial charge on any atom is 0.130 e. The molecule has 0 aliphatic heterocycles. The van der Waals surface area contributed by atoms with Crippen LogP contribution in [0.15, 0.2) is 22.7 Å². The van der Waals surface area contributed by atoms with Crippen LogP contribution in [-0.2, 0) is 0 Å². The van der Waals surface area contributed by atoms with E-state index in [2.05, 4.69) is 15.9 Å². The Morgan fingerprint density at radius 1 is 1.58 bits per heavy atom. The van der Waals surface area contributed by atoms with Crippen LogP contribution in [0.2, 0.25) is 0 Å². The van der Waals surface area contributed by atoms with E-state index in [9.17, 15) is 9.50 Å². The second-order valence-electron chi connectivity index (χ2n) is 2.42. The van der Waals surface area contributed by atoms with Crippen molar-refractivity contribution < 1.29 is 9.50 Å². The van der Waals surface area contributed by atoms with Crippen LogP contribution in [0.25, 0.3) is 0 Å². The molecular formula is C8H9BrFNO. The Kier molecular flexibility index (Phi) is 3.20. The number of nitrogens with two attached hydrogens (primary N) is 1. The molecule has 0 aromatic heterocycles. The summed E-state index contributed by atoms with van der Waals surface area (Å²) in [5.74, 6) is -0.442. The van der Waals surface area contributed by atoms with Gasteiger partial charge in [0.15, 0.2) is 0 Å². The average molecular weight is 234 g/mol. The molecule has 4 heteroatoms. The lowest BCUT2D eigenvalue weighted by Crippen LogP contribution is -2.12. The first-order valence-corrected chi connectivity index (χ1v) is 4.27. The van der Waals surface area contributed by atoms with Gasteiger partial charge in [0.05, 0.1) is 6.10 Å². The Bertz CT molecular complexity index is 280. The van der Waals surface area contributed by atoms with Crippen LogP contribution < -0.4 is 5.73 Å². The highest BCUT2D eigenvalue weighted by atomic mass is 79.9. The Morgan fingerprint density at radius 2 is 2.25 bits per heavy atom. The van der Waals surface area contributed by atoms with E-state index in [1.807, 2.05) is 0 Å². The van der Waals surface area contributed by atoms with Crippen LogP contribution in [0.1, 0.15) is 11.7 Å². The summed E-state index contributed by atoms with van der Waals surface area (Å²) in [5.41, 5.74) is 5.42. The molecule has 1 atom stereocenters. The summed E-state index contributed by atoms with van der Waals surface area (Å²) in [4.78, 5) is 0. The predicted octanol–water partition coefficient (Wildman–Crippen LogP) is 1.58. The Balaban J connectivity index is 3.01. The molecule has 3 N–H and O–H groups in total. The van der Waals surface area contributed by atoms with Crippen molar-refractivity contribution in [1.29, 1.82) is 0 Å². The van der Waals surface area contributed by atoms with E-state index in [-0.39, 0.29) is 12.1 Å². The van der Waals surface area contributed by atoms with Crippen molar-refractivity contribution >= 4 is 15.9 Å². The van der Waals surface area contributed by atoms with E-state index < -0.39 is 11.9 Å². The van der Waals surface area contributed by atoms with Crippen LogP contribution in [0.5, 0.6) is 0 Å². The Morgan fingerprint density at radius 3 is 2.75 bits per heavy atom. The summed E-state index contributed by atoms with van der Waals surface area (Å²) in [6, 6.07) is 4.47. The molecule has 0 spiro atoms. The Labute approximate surface area is 78.3 Å². The maximum absolute atomic E-state index is 13.0. The quantitative estimate of drug-likeness (QED) is 0.815. The lowest BCUT2D eigenvalue weighted by Gasteiger charge is -2.08. The molecule has 0 saturated heterocycles. The van der Waals surface area contributed by atoms with Gasteiger partial charge >= 0.3 is 0 Å². The molecule has 0 saturated carbocycles. The van der Waals surface area contributed by atoms with E-state index >= 15 is 0 Å². The second-order valence-corrected chi connectivity index (χ2v) is 3.33. The maximum atomic E-state index is 13.0. The minimum atomic E-state index is -0.918. The first kappa shape index (κ1) is 9.64. The summed E-state index contributed by atoms with van der Waals surface area (Å²) < 4.78 is 13.7. The van der Waals surface area contributed by atoms with Gasteiger partial charge in [-0.05, 0) is 12.1 Å². The molecule has 0 aliphatic carbocycles. The summed E-state index contributed by atoms with van der Waals surface area (Å²) >= 11 is 3.11. The number of hydrogen-bond acceptors (Lipinski definition) is 2. The van der Waals surface area contributed by atoms with Gasteiger partial charge in [0.2, 0.25) is 0 Å². The fourth-order valence-electron chi connectivity index (χ4n) is 0.899. The van der Waals surface area contributed by atoms with Crippen molar-refractivity contribution in [3.05, 3.63) is 34.1 Å². The highest BCUT2D eigenvalue weighted by Gasteiger charge is 2.10. The van der Waals surface area contributed by atoms with Crippen LogP contribution in [0.3, 0.4) is 0 Å². The second kappa shape index (κ2) is 3.98. The zero-order valence-electron chi connectivity index (χ0n) is 6.30. The predicted molar refractivity (Wildman–Crippen MR) is 48.1 cm³/mol. The highest BCUT2D eigenvalue weighted by Crippen LogP contribution is 2.20. The topological polar surface area (TPSA) is 46.2 Å². The molecular weight excluding hydrogens is 225 g/mol. The molecule has 0 unspecified atom stereocenters. The van der Waals surface area contributed by atoms with Crippen molar-refractivity contribution in [2.45, 2.75) is 6.10 Å². The molecule has 1 rings (SSSR count). The Hall–Kier alpha value is -0.450. The molecule has 2 nitrogen and oxygen atoms in total. The van der Waals surface area contributed by atoms with Gasteiger partial charge in [-0.3, -0.25) is 0 Å². The van der Waals surface area contributed by atoms with Crippen molar-refractivity contribution in [1.82, 2.24) is 0 Å². The molecule has 0 bridgehead atoms. The zero-order chi connectivity index (χ0) is 9.14. The lowest BCUT2D eigenvalue weighted by atomic mass is 10.1. The number of rotatable bonds is 2. The number of hydrogen-bond donors (Lipinski definition) is 2. The van der Waals surface area contributed by atoms with Crippen molar-refractivity contribution in [2.24, 2.45) is 5.73 Å². The van der Waals surface area contributed by atoms with E-state index in [0.29, 0.717) is 4.47 Å². The molecule has 1 aromatic rings. The van der Waals surface area contributed by atoms with Gasteiger partial charge in [-0.1, -0.05) is 22.0 Å². The van der Waals surface area contributed by atoms with Gasteiger partial charge in [0.25, 0.3) is 0 Å². The van der Waals surface area contributed by atoms with E-state index in [1.54, 1.807) is 6.07 Å². The van der Waals surface area contributed by atoms with Gasteiger partial charge in [0, 0.05) is 16.6 Å². The summed E-state index contributed by atoms with van der Waals surface area (Å²) in [7, 11) is 0. The number of benzene rings is 1. The van der Waals surface area contributed by atoms with Crippen molar-refractivity contribution in [2.75, 3.05) is 6.54 Å². The first-order valence-electron chi connectivity index (χ1n) is 3.48. The summed E-state index contributed by atoms with van der Waals surface area (Å²) in [6.45, 7) is 0.0263. The molecule has 12 heavy (non-hydrogen) atoms. The number of aliphatic hydroxyl groups is 1. The molecule has 66 valence electrons. The van der Waals surface area contributed by atoms with Crippen molar-refractivity contribution in [3.63, 3.8) is 0 Å². The monoisotopic (exact) mass is 233 g/mol. The fourth-order valence-corrected chi connectivity index (χ4v) is 1.23. The van der Waals surface area contributed by atoms with Gasteiger partial charge in [-0.15, -0.1) is 0 Å². The van der Waals surface area contributed by atoms with Gasteiger partial charge in [-0.2, -0.15) is 0 Å². The number of aliphatic hydroxyl groups excluding tert-OH is 1. The minimum Gasteiger partial charge on any atom is -0.387 e. The van der Waals surface area contributed by atoms with E-state index in [0.717, 1.165) is 0 Å². The fraction of sp³-hybridized carbons (Fsp3) is 0.250. The molecule has 0 fully saturated rings. The average Bonchev–Trinajstić information content (AvgIpc) is 2.03. The smallest absolute Gasteiger partial charge is 0.130 e. The van der Waals surface area contributed by atoms with Gasteiger partial charge in [0.1, 0.15) is 5.82 Å². The largest absolute Gasteiger partial charge is 0.387 e. The molecule has 1 aromatic carbocycles.